The van der Waals surface area contributed by atoms with Crippen LogP contribution in [-0.4, -0.2) is 26.1 Å². The average molecular weight is 333 g/mol. The van der Waals surface area contributed by atoms with Crippen molar-refractivity contribution in [3.8, 4) is 5.75 Å². The smallest absolute Gasteiger partial charge is 0.307 e. The van der Waals surface area contributed by atoms with Crippen molar-refractivity contribution in [3.63, 3.8) is 0 Å². The summed E-state index contributed by atoms with van der Waals surface area (Å²) in [7, 11) is 2.91. The van der Waals surface area contributed by atoms with Gasteiger partial charge in [0.2, 0.25) is 5.91 Å². The van der Waals surface area contributed by atoms with E-state index in [-0.39, 0.29) is 30.8 Å². The van der Waals surface area contributed by atoms with Crippen molar-refractivity contribution < 1.29 is 19.1 Å². The van der Waals surface area contributed by atoms with E-state index in [2.05, 4.69) is 5.32 Å². The number of para-hydroxylation sites is 1. The van der Waals surface area contributed by atoms with Gasteiger partial charge in [0, 0.05) is 10.4 Å². The number of carbonyl (C=O) groups excluding carboxylic acids is 2. The van der Waals surface area contributed by atoms with Gasteiger partial charge in [-0.05, 0) is 17.5 Å². The fourth-order valence-corrected chi connectivity index (χ4v) is 3.01. The highest BCUT2D eigenvalue weighted by atomic mass is 32.1. The summed E-state index contributed by atoms with van der Waals surface area (Å²) in [4.78, 5) is 24.8. The Morgan fingerprint density at radius 1 is 1.17 bits per heavy atom. The van der Waals surface area contributed by atoms with Crippen LogP contribution >= 0.6 is 11.3 Å². The number of amides is 1. The predicted molar refractivity (Wildman–Crippen MR) is 88.5 cm³/mol. The first-order valence-electron chi connectivity index (χ1n) is 7.15. The van der Waals surface area contributed by atoms with Crippen molar-refractivity contribution in [2.45, 2.75) is 18.9 Å². The van der Waals surface area contributed by atoms with Crippen molar-refractivity contribution in [2.24, 2.45) is 0 Å². The number of benzene rings is 1. The number of nitrogens with one attached hydrogen (secondary N) is 1. The molecular weight excluding hydrogens is 314 g/mol. The highest BCUT2D eigenvalue weighted by Gasteiger charge is 2.20. The summed E-state index contributed by atoms with van der Waals surface area (Å²) >= 11 is 1.49. The summed E-state index contributed by atoms with van der Waals surface area (Å²) in [5.41, 5.74) is 0.801. The number of thiophene rings is 1. The summed E-state index contributed by atoms with van der Waals surface area (Å²) in [6, 6.07) is 10.8. The first-order valence-corrected chi connectivity index (χ1v) is 8.03. The van der Waals surface area contributed by atoms with Crippen LogP contribution in [0.5, 0.6) is 5.75 Å². The fourth-order valence-electron chi connectivity index (χ4n) is 2.23. The highest BCUT2D eigenvalue weighted by Crippen LogP contribution is 2.23. The van der Waals surface area contributed by atoms with E-state index < -0.39 is 0 Å². The summed E-state index contributed by atoms with van der Waals surface area (Å²) in [5, 5.41) is 4.81. The van der Waals surface area contributed by atoms with Gasteiger partial charge >= 0.3 is 5.97 Å². The third kappa shape index (κ3) is 4.82. The molecule has 1 aromatic heterocycles. The quantitative estimate of drug-likeness (QED) is 0.791. The largest absolute Gasteiger partial charge is 0.496 e. The van der Waals surface area contributed by atoms with Crippen molar-refractivity contribution in [2.75, 3.05) is 14.2 Å². The molecule has 2 aromatic rings. The van der Waals surface area contributed by atoms with Crippen molar-refractivity contribution >= 4 is 23.2 Å². The first kappa shape index (κ1) is 17.0. The van der Waals surface area contributed by atoms with Gasteiger partial charge in [-0.1, -0.05) is 24.3 Å². The molecule has 1 N–H and O–H groups in total. The van der Waals surface area contributed by atoms with Gasteiger partial charge < -0.3 is 14.8 Å². The molecule has 1 aromatic carbocycles. The van der Waals surface area contributed by atoms with E-state index >= 15 is 0 Å². The fraction of sp³-hybridized carbons (Fsp3) is 0.294. The van der Waals surface area contributed by atoms with Crippen LogP contribution in [0.25, 0.3) is 0 Å². The summed E-state index contributed by atoms with van der Waals surface area (Å²) in [6.07, 6.45) is 0.293. The number of ether oxygens (including phenoxy) is 2. The predicted octanol–water partition coefficient (Wildman–Crippen LogP) is 2.72. The number of esters is 1. The van der Waals surface area contributed by atoms with E-state index in [0.717, 1.165) is 10.4 Å². The Balaban J connectivity index is 2.07. The molecule has 23 heavy (non-hydrogen) atoms. The molecule has 6 heteroatoms. The lowest BCUT2D eigenvalue weighted by Crippen LogP contribution is -2.31. The number of hydrogen-bond donors (Lipinski definition) is 1. The Bertz CT molecular complexity index is 654. The third-order valence-corrected chi connectivity index (χ3v) is 4.35. The van der Waals surface area contributed by atoms with Crippen LogP contribution in [-0.2, 0) is 20.7 Å². The van der Waals surface area contributed by atoms with Crippen LogP contribution in [0.3, 0.4) is 0 Å². The molecule has 0 spiro atoms. The topological polar surface area (TPSA) is 64.6 Å². The molecule has 0 radical (unpaired) electrons. The van der Waals surface area contributed by atoms with E-state index in [1.54, 1.807) is 7.11 Å². The molecule has 2 rings (SSSR count). The lowest BCUT2D eigenvalue weighted by Gasteiger charge is -2.17. The number of hydrogen-bond acceptors (Lipinski definition) is 5. The van der Waals surface area contributed by atoms with Crippen LogP contribution in [0.15, 0.2) is 41.8 Å². The Labute approximate surface area is 139 Å². The Morgan fingerprint density at radius 3 is 2.61 bits per heavy atom. The highest BCUT2D eigenvalue weighted by molar-refractivity contribution is 7.10. The van der Waals surface area contributed by atoms with Gasteiger partial charge in [-0.3, -0.25) is 9.59 Å². The van der Waals surface area contributed by atoms with Gasteiger partial charge in [-0.2, -0.15) is 0 Å². The maximum Gasteiger partial charge on any atom is 0.307 e. The second kappa shape index (κ2) is 8.33. The van der Waals surface area contributed by atoms with Crippen molar-refractivity contribution in [3.05, 3.63) is 52.2 Å². The Morgan fingerprint density at radius 2 is 1.96 bits per heavy atom. The average Bonchev–Trinajstić information content (AvgIpc) is 3.09. The zero-order valence-electron chi connectivity index (χ0n) is 13.1. The molecular formula is C17H19NO4S. The Hall–Kier alpha value is -2.34. The van der Waals surface area contributed by atoms with Crippen LogP contribution < -0.4 is 10.1 Å². The summed E-state index contributed by atoms with van der Waals surface area (Å²) in [6.45, 7) is 0. The van der Waals surface area contributed by atoms with Crippen molar-refractivity contribution in [1.29, 1.82) is 0 Å². The number of carbonyl (C=O) groups is 2. The molecule has 1 amide bonds. The van der Waals surface area contributed by atoms with Crippen LogP contribution in [0.4, 0.5) is 0 Å². The molecule has 0 aliphatic carbocycles. The zero-order chi connectivity index (χ0) is 16.7. The maximum absolute atomic E-state index is 12.3. The molecule has 1 heterocycles. The van der Waals surface area contributed by atoms with Gasteiger partial charge in [-0.25, -0.2) is 0 Å². The molecule has 0 saturated carbocycles. The lowest BCUT2D eigenvalue weighted by molar-refractivity contribution is -0.141. The Kier molecular flexibility index (Phi) is 6.17. The van der Waals surface area contributed by atoms with Crippen LogP contribution in [0.2, 0.25) is 0 Å². The zero-order valence-corrected chi connectivity index (χ0v) is 13.9. The minimum absolute atomic E-state index is 0.106. The van der Waals surface area contributed by atoms with Gasteiger partial charge in [0.05, 0.1) is 33.1 Å². The van der Waals surface area contributed by atoms with Crippen LogP contribution in [0.1, 0.15) is 22.9 Å². The first-order chi connectivity index (χ1) is 11.1. The van der Waals surface area contributed by atoms with E-state index in [0.29, 0.717) is 5.75 Å². The number of rotatable bonds is 7. The van der Waals surface area contributed by atoms with Crippen molar-refractivity contribution in [1.82, 2.24) is 5.32 Å². The lowest BCUT2D eigenvalue weighted by atomic mass is 10.1. The second-order valence-electron chi connectivity index (χ2n) is 4.90. The molecule has 0 fully saturated rings. The summed E-state index contributed by atoms with van der Waals surface area (Å²) < 4.78 is 9.96. The van der Waals surface area contributed by atoms with Crippen LogP contribution in [0, 0.1) is 0 Å². The monoisotopic (exact) mass is 333 g/mol. The van der Waals surface area contributed by atoms with Gasteiger partial charge in [-0.15, -0.1) is 11.3 Å². The minimum Gasteiger partial charge on any atom is -0.496 e. The molecule has 0 saturated heterocycles. The summed E-state index contributed by atoms with van der Waals surface area (Å²) in [5.74, 6) is 0.140. The SMILES string of the molecule is COC(=O)C[C@H](NC(=O)Cc1ccccc1OC)c1cccs1. The molecule has 5 nitrogen and oxygen atoms in total. The molecule has 0 unspecified atom stereocenters. The molecule has 122 valence electrons. The third-order valence-electron chi connectivity index (χ3n) is 3.36. The minimum atomic E-state index is -0.385. The molecule has 1 atom stereocenters. The molecule has 0 aliphatic rings. The van der Waals surface area contributed by atoms with Gasteiger partial charge in [0.15, 0.2) is 0 Å². The van der Waals surface area contributed by atoms with E-state index in [9.17, 15) is 9.59 Å². The van der Waals surface area contributed by atoms with E-state index in [1.807, 2.05) is 41.8 Å². The second-order valence-corrected chi connectivity index (χ2v) is 5.88. The van der Waals surface area contributed by atoms with E-state index in [4.69, 9.17) is 9.47 Å². The molecule has 0 aliphatic heterocycles. The number of methoxy groups -OCH3 is 2. The van der Waals surface area contributed by atoms with E-state index in [1.165, 1.54) is 18.4 Å². The maximum atomic E-state index is 12.3. The van der Waals surface area contributed by atoms with Gasteiger partial charge in [0.1, 0.15) is 5.75 Å². The van der Waals surface area contributed by atoms with Gasteiger partial charge in [0.25, 0.3) is 0 Å². The molecule has 0 bridgehead atoms. The normalized spacial score (nSPS) is 11.6. The standard InChI is InChI=1S/C17H19NO4S/c1-21-14-7-4-3-6-12(14)10-16(19)18-13(11-17(20)22-2)15-8-5-9-23-15/h3-9,13H,10-11H2,1-2H3,(H,18,19)/t13-/m0/s1.